The molecule has 9 heteroatoms. The van der Waals surface area contributed by atoms with Crippen LogP contribution in [0.25, 0.3) is 4.96 Å². The molecule has 98 valence electrons. The largest absolute Gasteiger partial charge is 0.372 e. The van der Waals surface area contributed by atoms with Crippen LogP contribution in [-0.4, -0.2) is 33.3 Å². The first-order valence-electron chi connectivity index (χ1n) is 5.17. The minimum atomic E-state index is -0.547. The van der Waals surface area contributed by atoms with Gasteiger partial charge in [0.15, 0.2) is 0 Å². The Hall–Kier alpha value is -2.60. The summed E-state index contributed by atoms with van der Waals surface area (Å²) < 4.78 is 1.35. The Labute approximate surface area is 111 Å². The van der Waals surface area contributed by atoms with Gasteiger partial charge in [0.1, 0.15) is 6.20 Å². The molecule has 19 heavy (non-hydrogen) atoms. The van der Waals surface area contributed by atoms with Crippen LogP contribution in [0, 0.1) is 22.5 Å². The molecule has 0 bridgehead atoms. The van der Waals surface area contributed by atoms with Crippen LogP contribution in [0.1, 0.15) is 0 Å². The smallest absolute Gasteiger partial charge is 0.358 e. The Morgan fingerprint density at radius 1 is 1.68 bits per heavy atom. The normalized spacial score (nSPS) is 10.1. The zero-order valence-electron chi connectivity index (χ0n) is 9.62. The first-order valence-corrected chi connectivity index (χ1v) is 6.05. The summed E-state index contributed by atoms with van der Waals surface area (Å²) in [6, 6.07) is 0. The first kappa shape index (κ1) is 12.8. The molecule has 0 fully saturated rings. The van der Waals surface area contributed by atoms with Crippen LogP contribution in [0.3, 0.4) is 0 Å². The number of amides is 1. The van der Waals surface area contributed by atoms with Crippen LogP contribution in [0.2, 0.25) is 0 Å². The van der Waals surface area contributed by atoms with Crippen molar-refractivity contribution in [1.82, 2.24) is 14.7 Å². The van der Waals surface area contributed by atoms with E-state index in [-0.39, 0.29) is 30.6 Å². The number of anilines is 1. The van der Waals surface area contributed by atoms with Crippen molar-refractivity contribution < 1.29 is 9.72 Å². The van der Waals surface area contributed by atoms with Gasteiger partial charge in [-0.3, -0.25) is 4.79 Å². The summed E-state index contributed by atoms with van der Waals surface area (Å²) in [5.74, 6) is 1.77. The fraction of sp³-hybridized carbons (Fsp3) is 0.200. The molecule has 2 rings (SSSR count). The lowest BCUT2D eigenvalue weighted by atomic mass is 10.5. The maximum absolute atomic E-state index is 11.3. The van der Waals surface area contributed by atoms with Crippen molar-refractivity contribution in [3.63, 3.8) is 0 Å². The van der Waals surface area contributed by atoms with E-state index in [1.807, 2.05) is 0 Å². The zero-order chi connectivity index (χ0) is 13.8. The van der Waals surface area contributed by atoms with Crippen LogP contribution < -0.4 is 10.6 Å². The quantitative estimate of drug-likeness (QED) is 0.470. The molecule has 2 aromatic heterocycles. The molecular weight excluding hydrogens is 270 g/mol. The van der Waals surface area contributed by atoms with Crippen molar-refractivity contribution >= 4 is 33.8 Å². The summed E-state index contributed by atoms with van der Waals surface area (Å²) in [6.45, 7) is -0.0196. The van der Waals surface area contributed by atoms with Crippen molar-refractivity contribution in [2.24, 2.45) is 0 Å². The van der Waals surface area contributed by atoms with Crippen LogP contribution >= 0.6 is 11.3 Å². The predicted molar refractivity (Wildman–Crippen MR) is 70.1 cm³/mol. The number of terminal acetylenes is 1. The van der Waals surface area contributed by atoms with Gasteiger partial charge in [0.2, 0.25) is 11.7 Å². The summed E-state index contributed by atoms with van der Waals surface area (Å²) in [5, 5.41) is 17.8. The number of nitrogens with one attached hydrogen (secondary N) is 2. The zero-order valence-corrected chi connectivity index (χ0v) is 10.4. The molecule has 0 saturated carbocycles. The Balaban J connectivity index is 2.14. The van der Waals surface area contributed by atoms with E-state index < -0.39 is 4.92 Å². The number of carbonyl (C=O) groups excluding carboxylic acids is 1. The molecule has 0 saturated heterocycles. The third kappa shape index (κ3) is 2.63. The molecule has 8 nitrogen and oxygen atoms in total. The lowest BCUT2D eigenvalue weighted by Crippen LogP contribution is -2.30. The number of aromatic nitrogens is 2. The van der Waals surface area contributed by atoms with Crippen LogP contribution in [0.4, 0.5) is 11.6 Å². The molecule has 0 aromatic carbocycles. The van der Waals surface area contributed by atoms with Gasteiger partial charge in [-0.05, 0) is 4.92 Å². The third-order valence-electron chi connectivity index (χ3n) is 2.21. The van der Waals surface area contributed by atoms with E-state index >= 15 is 0 Å². The van der Waals surface area contributed by atoms with Crippen molar-refractivity contribution in [2.75, 3.05) is 18.4 Å². The SMILES string of the molecule is C#CCNC(=O)CNc1nc2sccn2c1[N+](=O)[O-]. The summed E-state index contributed by atoms with van der Waals surface area (Å²) in [7, 11) is 0. The molecule has 0 aliphatic heterocycles. The number of thiazole rings is 1. The van der Waals surface area contributed by atoms with Gasteiger partial charge in [-0.15, -0.1) is 6.42 Å². The van der Waals surface area contributed by atoms with Gasteiger partial charge in [-0.1, -0.05) is 17.3 Å². The van der Waals surface area contributed by atoms with Crippen LogP contribution in [-0.2, 0) is 4.79 Å². The Morgan fingerprint density at radius 2 is 2.47 bits per heavy atom. The molecular formula is C10H9N5O3S. The van der Waals surface area contributed by atoms with Crippen LogP contribution in [0.15, 0.2) is 11.6 Å². The van der Waals surface area contributed by atoms with Gasteiger partial charge in [0.25, 0.3) is 4.96 Å². The summed E-state index contributed by atoms with van der Waals surface area (Å²) in [5.41, 5.74) is 0. The monoisotopic (exact) mass is 279 g/mol. The van der Waals surface area contributed by atoms with Gasteiger partial charge in [-0.25, -0.2) is 0 Å². The molecule has 1 amide bonds. The maximum atomic E-state index is 11.3. The number of imidazole rings is 1. The Bertz CT molecular complexity index is 668. The second-order valence-electron chi connectivity index (χ2n) is 3.43. The molecule has 2 aromatic rings. The molecule has 2 N–H and O–H groups in total. The van der Waals surface area contributed by atoms with Gasteiger partial charge in [-0.2, -0.15) is 9.38 Å². The highest BCUT2D eigenvalue weighted by Gasteiger charge is 2.23. The topological polar surface area (TPSA) is 102 Å². The first-order chi connectivity index (χ1) is 9.13. The number of hydrogen-bond donors (Lipinski definition) is 2. The minimum absolute atomic E-state index is 0.0627. The predicted octanol–water partition coefficient (Wildman–Crippen LogP) is 0.465. The second kappa shape index (κ2) is 5.36. The number of fused-ring (bicyclic) bond motifs is 1. The molecule has 0 aliphatic carbocycles. The molecule has 0 radical (unpaired) electrons. The van der Waals surface area contributed by atoms with Crippen molar-refractivity contribution in [3.8, 4) is 12.3 Å². The molecule has 0 aliphatic rings. The van der Waals surface area contributed by atoms with Gasteiger partial charge >= 0.3 is 5.82 Å². The number of nitrogens with zero attached hydrogens (tertiary/aromatic N) is 3. The summed E-state index contributed by atoms with van der Waals surface area (Å²) >= 11 is 1.27. The van der Waals surface area contributed by atoms with Gasteiger partial charge in [0, 0.05) is 5.38 Å². The van der Waals surface area contributed by atoms with E-state index in [2.05, 4.69) is 21.5 Å². The standard InChI is InChI=1S/C10H9N5O3S/c1-2-3-11-7(16)6-12-8-9(15(17)18)14-4-5-19-10(14)13-8/h1,4-5,12H,3,6H2,(H,11,16). The van der Waals surface area contributed by atoms with E-state index in [0.717, 1.165) is 0 Å². The molecule has 0 atom stereocenters. The maximum Gasteiger partial charge on any atom is 0.372 e. The van der Waals surface area contributed by atoms with Crippen molar-refractivity contribution in [2.45, 2.75) is 0 Å². The van der Waals surface area contributed by atoms with Gasteiger partial charge in [0.05, 0.1) is 13.1 Å². The number of carbonyl (C=O) groups is 1. The van der Waals surface area contributed by atoms with Gasteiger partial charge < -0.3 is 20.7 Å². The lowest BCUT2D eigenvalue weighted by molar-refractivity contribution is -0.389. The van der Waals surface area contributed by atoms with Crippen molar-refractivity contribution in [1.29, 1.82) is 0 Å². The third-order valence-corrected chi connectivity index (χ3v) is 2.97. The minimum Gasteiger partial charge on any atom is -0.358 e. The summed E-state index contributed by atoms with van der Waals surface area (Å²) in [6.07, 6.45) is 6.55. The number of rotatable bonds is 5. The van der Waals surface area contributed by atoms with E-state index in [4.69, 9.17) is 6.42 Å². The molecule has 2 heterocycles. The molecule has 0 spiro atoms. The number of hydrogen-bond acceptors (Lipinski definition) is 6. The van der Waals surface area contributed by atoms with E-state index in [9.17, 15) is 14.9 Å². The fourth-order valence-corrected chi connectivity index (χ4v) is 2.15. The number of nitro groups is 1. The van der Waals surface area contributed by atoms with E-state index in [1.54, 1.807) is 11.6 Å². The average molecular weight is 279 g/mol. The molecule has 0 unspecified atom stereocenters. The highest BCUT2D eigenvalue weighted by Crippen LogP contribution is 2.27. The summed E-state index contributed by atoms with van der Waals surface area (Å²) in [4.78, 5) is 26.3. The van der Waals surface area contributed by atoms with Crippen LogP contribution in [0.5, 0.6) is 0 Å². The fourth-order valence-electron chi connectivity index (χ4n) is 1.44. The highest BCUT2D eigenvalue weighted by molar-refractivity contribution is 7.15. The second-order valence-corrected chi connectivity index (χ2v) is 4.30. The van der Waals surface area contributed by atoms with E-state index in [1.165, 1.54) is 15.7 Å². The highest BCUT2D eigenvalue weighted by atomic mass is 32.1. The lowest BCUT2D eigenvalue weighted by Gasteiger charge is -2.03. The Morgan fingerprint density at radius 3 is 3.16 bits per heavy atom. The van der Waals surface area contributed by atoms with Crippen molar-refractivity contribution in [3.05, 3.63) is 21.7 Å². The Kier molecular flexibility index (Phi) is 3.63. The average Bonchev–Trinajstić information content (AvgIpc) is 2.92. The van der Waals surface area contributed by atoms with E-state index in [0.29, 0.717) is 4.96 Å².